The highest BCUT2D eigenvalue weighted by molar-refractivity contribution is 7.84. The Balaban J connectivity index is 2.93. The summed E-state index contributed by atoms with van der Waals surface area (Å²) in [5.74, 6) is 0.503. The van der Waals surface area contributed by atoms with Gasteiger partial charge in [-0.25, -0.2) is 0 Å². The topological polar surface area (TPSA) is 86.2 Å². The molecule has 0 saturated heterocycles. The standard InChI is InChI=1S/C10H14N2O2S/c1-2-15(14)6-8-4-3-7(10(12)13)5-9(8)11/h3-5H,2,6,11H2,1H3,(H2,12,13). The SMILES string of the molecule is CCS(=O)Cc1ccc(C(N)=O)cc1N. The zero-order chi connectivity index (χ0) is 11.4. The van der Waals surface area contributed by atoms with Gasteiger partial charge in [-0.2, -0.15) is 0 Å². The van der Waals surface area contributed by atoms with Gasteiger partial charge in [-0.15, -0.1) is 0 Å². The van der Waals surface area contributed by atoms with Gasteiger partial charge in [0.25, 0.3) is 0 Å². The number of carbonyl (C=O) groups is 1. The van der Waals surface area contributed by atoms with Crippen molar-refractivity contribution in [3.63, 3.8) is 0 Å². The number of hydrogen-bond donors (Lipinski definition) is 2. The third kappa shape index (κ3) is 3.06. The number of benzene rings is 1. The fraction of sp³-hybridized carbons (Fsp3) is 0.300. The number of anilines is 1. The fourth-order valence-electron chi connectivity index (χ4n) is 1.16. The Kier molecular flexibility index (Phi) is 3.85. The van der Waals surface area contributed by atoms with Crippen LogP contribution in [0.1, 0.15) is 22.8 Å². The first-order chi connectivity index (χ1) is 7.04. The molecule has 1 unspecified atom stereocenters. The lowest BCUT2D eigenvalue weighted by atomic mass is 10.1. The van der Waals surface area contributed by atoms with Crippen molar-refractivity contribution in [2.75, 3.05) is 11.5 Å². The molecule has 1 amide bonds. The molecule has 1 aromatic carbocycles. The van der Waals surface area contributed by atoms with Crippen molar-refractivity contribution in [2.45, 2.75) is 12.7 Å². The Bertz CT molecular complexity index is 404. The van der Waals surface area contributed by atoms with E-state index in [9.17, 15) is 9.00 Å². The minimum Gasteiger partial charge on any atom is -0.398 e. The van der Waals surface area contributed by atoms with E-state index in [1.807, 2.05) is 6.92 Å². The molecule has 0 bridgehead atoms. The summed E-state index contributed by atoms with van der Waals surface area (Å²) in [6, 6.07) is 4.81. The Morgan fingerprint density at radius 2 is 2.13 bits per heavy atom. The molecular weight excluding hydrogens is 212 g/mol. The van der Waals surface area contributed by atoms with Gasteiger partial charge < -0.3 is 11.5 Å². The highest BCUT2D eigenvalue weighted by Gasteiger charge is 2.06. The summed E-state index contributed by atoms with van der Waals surface area (Å²) in [6.45, 7) is 1.85. The van der Waals surface area contributed by atoms with Crippen molar-refractivity contribution in [1.82, 2.24) is 0 Å². The first kappa shape index (κ1) is 11.7. The molecule has 0 aliphatic heterocycles. The molecule has 1 aromatic rings. The molecule has 0 heterocycles. The highest BCUT2D eigenvalue weighted by atomic mass is 32.2. The molecule has 0 fully saturated rings. The Labute approximate surface area is 91.1 Å². The molecule has 1 atom stereocenters. The molecule has 0 saturated carbocycles. The molecule has 0 radical (unpaired) electrons. The molecule has 4 N–H and O–H groups in total. The van der Waals surface area contributed by atoms with E-state index in [1.165, 1.54) is 6.07 Å². The van der Waals surface area contributed by atoms with Gasteiger partial charge >= 0.3 is 0 Å². The molecule has 0 aliphatic rings. The van der Waals surface area contributed by atoms with Crippen LogP contribution in [0.3, 0.4) is 0 Å². The Morgan fingerprint density at radius 1 is 1.47 bits per heavy atom. The van der Waals surface area contributed by atoms with E-state index in [4.69, 9.17) is 11.5 Å². The lowest BCUT2D eigenvalue weighted by Crippen LogP contribution is -2.12. The van der Waals surface area contributed by atoms with E-state index in [1.54, 1.807) is 12.1 Å². The summed E-state index contributed by atoms with van der Waals surface area (Å²) in [6.07, 6.45) is 0. The van der Waals surface area contributed by atoms with Crippen molar-refractivity contribution in [3.8, 4) is 0 Å². The number of nitrogen functional groups attached to an aromatic ring is 1. The second-order valence-electron chi connectivity index (χ2n) is 3.15. The summed E-state index contributed by atoms with van der Waals surface area (Å²) in [5, 5.41) is 0. The van der Waals surface area contributed by atoms with Gasteiger partial charge in [0, 0.05) is 27.8 Å². The van der Waals surface area contributed by atoms with Gasteiger partial charge in [0.2, 0.25) is 5.91 Å². The molecule has 0 aromatic heterocycles. The van der Waals surface area contributed by atoms with Crippen LogP contribution in [-0.4, -0.2) is 15.9 Å². The van der Waals surface area contributed by atoms with Crippen molar-refractivity contribution in [2.24, 2.45) is 5.73 Å². The zero-order valence-electron chi connectivity index (χ0n) is 8.53. The number of hydrogen-bond acceptors (Lipinski definition) is 3. The lowest BCUT2D eigenvalue weighted by molar-refractivity contribution is 0.100. The number of rotatable bonds is 4. The van der Waals surface area contributed by atoms with Gasteiger partial charge in [0.1, 0.15) is 0 Å². The second-order valence-corrected chi connectivity index (χ2v) is 4.90. The molecule has 0 spiro atoms. The van der Waals surface area contributed by atoms with E-state index >= 15 is 0 Å². The first-order valence-electron chi connectivity index (χ1n) is 4.57. The zero-order valence-corrected chi connectivity index (χ0v) is 9.34. The van der Waals surface area contributed by atoms with Crippen LogP contribution in [-0.2, 0) is 16.6 Å². The van der Waals surface area contributed by atoms with Crippen LogP contribution < -0.4 is 11.5 Å². The average Bonchev–Trinajstić information content (AvgIpc) is 2.20. The van der Waals surface area contributed by atoms with Gasteiger partial charge in [-0.1, -0.05) is 13.0 Å². The largest absolute Gasteiger partial charge is 0.398 e. The number of nitrogens with two attached hydrogens (primary N) is 2. The molecule has 5 heteroatoms. The van der Waals surface area contributed by atoms with Crippen LogP contribution in [0.4, 0.5) is 5.69 Å². The van der Waals surface area contributed by atoms with Crippen LogP contribution in [0.5, 0.6) is 0 Å². The van der Waals surface area contributed by atoms with E-state index in [0.29, 0.717) is 22.8 Å². The smallest absolute Gasteiger partial charge is 0.248 e. The minimum absolute atomic E-state index is 0.374. The van der Waals surface area contributed by atoms with E-state index in [2.05, 4.69) is 0 Å². The van der Waals surface area contributed by atoms with Crippen LogP contribution in [0.2, 0.25) is 0 Å². The molecule has 0 aliphatic carbocycles. The third-order valence-electron chi connectivity index (χ3n) is 2.07. The van der Waals surface area contributed by atoms with Gasteiger partial charge in [0.15, 0.2) is 0 Å². The fourth-order valence-corrected chi connectivity index (χ4v) is 1.97. The molecule has 15 heavy (non-hydrogen) atoms. The molecule has 1 rings (SSSR count). The Hall–Kier alpha value is -1.36. The van der Waals surface area contributed by atoms with Crippen molar-refractivity contribution < 1.29 is 9.00 Å². The van der Waals surface area contributed by atoms with Crippen molar-refractivity contribution >= 4 is 22.4 Å². The highest BCUT2D eigenvalue weighted by Crippen LogP contribution is 2.16. The molecular formula is C10H14N2O2S. The summed E-state index contributed by atoms with van der Waals surface area (Å²) in [7, 11) is -0.902. The maximum atomic E-state index is 11.3. The maximum Gasteiger partial charge on any atom is 0.248 e. The Morgan fingerprint density at radius 3 is 2.60 bits per heavy atom. The molecule has 82 valence electrons. The summed E-state index contributed by atoms with van der Waals surface area (Å²) < 4.78 is 11.3. The monoisotopic (exact) mass is 226 g/mol. The molecule has 4 nitrogen and oxygen atoms in total. The van der Waals surface area contributed by atoms with E-state index < -0.39 is 16.7 Å². The van der Waals surface area contributed by atoms with Gasteiger partial charge in [-0.05, 0) is 17.7 Å². The predicted octanol–water partition coefficient (Wildman–Crippen LogP) is 0.636. The number of carbonyl (C=O) groups excluding carboxylic acids is 1. The van der Waals surface area contributed by atoms with Gasteiger partial charge in [-0.3, -0.25) is 9.00 Å². The van der Waals surface area contributed by atoms with E-state index in [-0.39, 0.29) is 0 Å². The van der Waals surface area contributed by atoms with Crippen molar-refractivity contribution in [3.05, 3.63) is 29.3 Å². The van der Waals surface area contributed by atoms with Gasteiger partial charge in [0.05, 0.1) is 5.75 Å². The first-order valence-corrected chi connectivity index (χ1v) is 6.06. The summed E-state index contributed by atoms with van der Waals surface area (Å²) >= 11 is 0. The summed E-state index contributed by atoms with van der Waals surface area (Å²) in [5.41, 5.74) is 12.5. The predicted molar refractivity (Wildman–Crippen MR) is 61.8 cm³/mol. The maximum absolute atomic E-state index is 11.3. The van der Waals surface area contributed by atoms with Crippen LogP contribution >= 0.6 is 0 Å². The third-order valence-corrected chi connectivity index (χ3v) is 3.35. The second kappa shape index (κ2) is 4.93. The lowest BCUT2D eigenvalue weighted by Gasteiger charge is -2.05. The van der Waals surface area contributed by atoms with Crippen molar-refractivity contribution in [1.29, 1.82) is 0 Å². The minimum atomic E-state index is -0.902. The normalized spacial score (nSPS) is 12.3. The quantitative estimate of drug-likeness (QED) is 0.738. The van der Waals surface area contributed by atoms with E-state index in [0.717, 1.165) is 5.56 Å². The number of amides is 1. The average molecular weight is 226 g/mol. The van der Waals surface area contributed by atoms with Crippen LogP contribution in [0.15, 0.2) is 18.2 Å². The summed E-state index contributed by atoms with van der Waals surface area (Å²) in [4.78, 5) is 10.8. The van der Waals surface area contributed by atoms with Crippen LogP contribution in [0, 0.1) is 0 Å². The number of primary amides is 1. The van der Waals surface area contributed by atoms with Crippen LogP contribution in [0.25, 0.3) is 0 Å².